The lowest BCUT2D eigenvalue weighted by atomic mass is 10.1. The van der Waals surface area contributed by atoms with Crippen molar-refractivity contribution in [3.63, 3.8) is 0 Å². The standard InChI is InChI=1S/C11H18/c1-5-6-7-8-9-11(4)10(2)3/h5-10H,1-4H3. The van der Waals surface area contributed by atoms with E-state index in [0.717, 1.165) is 0 Å². The van der Waals surface area contributed by atoms with Gasteiger partial charge < -0.3 is 0 Å². The summed E-state index contributed by atoms with van der Waals surface area (Å²) in [7, 11) is 0. The van der Waals surface area contributed by atoms with Gasteiger partial charge in [-0.3, -0.25) is 0 Å². The molecular weight excluding hydrogens is 132 g/mol. The Bertz CT molecular complexity index is 168. The van der Waals surface area contributed by atoms with Crippen molar-refractivity contribution in [3.05, 3.63) is 36.0 Å². The van der Waals surface area contributed by atoms with E-state index in [1.54, 1.807) is 0 Å². The summed E-state index contributed by atoms with van der Waals surface area (Å²) in [5, 5.41) is 0. The van der Waals surface area contributed by atoms with Gasteiger partial charge in [0.25, 0.3) is 0 Å². The zero-order valence-electron chi connectivity index (χ0n) is 7.96. The van der Waals surface area contributed by atoms with E-state index in [-0.39, 0.29) is 0 Å². The summed E-state index contributed by atoms with van der Waals surface area (Å²) in [6.07, 6.45) is 10.3. The van der Waals surface area contributed by atoms with Gasteiger partial charge in [0.1, 0.15) is 0 Å². The van der Waals surface area contributed by atoms with Gasteiger partial charge in [-0.2, -0.15) is 0 Å². The highest BCUT2D eigenvalue weighted by Crippen LogP contribution is 2.07. The number of allylic oxidation sites excluding steroid dienone is 6. The molecule has 0 nitrogen and oxygen atoms in total. The molecule has 0 amide bonds. The van der Waals surface area contributed by atoms with Gasteiger partial charge in [-0.1, -0.05) is 49.8 Å². The molecule has 0 radical (unpaired) electrons. The van der Waals surface area contributed by atoms with Crippen molar-refractivity contribution in [1.29, 1.82) is 0 Å². The zero-order chi connectivity index (χ0) is 8.69. The van der Waals surface area contributed by atoms with Gasteiger partial charge in [0.15, 0.2) is 0 Å². The Morgan fingerprint density at radius 3 is 2.18 bits per heavy atom. The molecular formula is C11H18. The van der Waals surface area contributed by atoms with Crippen molar-refractivity contribution in [2.45, 2.75) is 27.7 Å². The summed E-state index contributed by atoms with van der Waals surface area (Å²) in [5.41, 5.74) is 1.42. The lowest BCUT2D eigenvalue weighted by Crippen LogP contribution is -1.86. The first-order chi connectivity index (χ1) is 5.18. The molecule has 0 N–H and O–H groups in total. The third kappa shape index (κ3) is 5.65. The van der Waals surface area contributed by atoms with E-state index in [9.17, 15) is 0 Å². The molecule has 0 aromatic rings. The fourth-order valence-corrected chi connectivity index (χ4v) is 0.575. The third-order valence-corrected chi connectivity index (χ3v) is 1.68. The highest BCUT2D eigenvalue weighted by atomic mass is 14.0. The van der Waals surface area contributed by atoms with Gasteiger partial charge in [-0.05, 0) is 19.8 Å². The van der Waals surface area contributed by atoms with Gasteiger partial charge in [0, 0.05) is 0 Å². The quantitative estimate of drug-likeness (QED) is 0.538. The summed E-state index contributed by atoms with van der Waals surface area (Å²) >= 11 is 0. The first-order valence-electron chi connectivity index (χ1n) is 4.14. The summed E-state index contributed by atoms with van der Waals surface area (Å²) in [6.45, 7) is 8.58. The number of rotatable bonds is 3. The summed E-state index contributed by atoms with van der Waals surface area (Å²) in [5.74, 6) is 0.658. The molecule has 0 aliphatic rings. The van der Waals surface area contributed by atoms with E-state index in [4.69, 9.17) is 0 Å². The molecule has 0 aromatic carbocycles. The molecule has 62 valence electrons. The zero-order valence-corrected chi connectivity index (χ0v) is 7.96. The van der Waals surface area contributed by atoms with Crippen molar-refractivity contribution in [2.75, 3.05) is 0 Å². The molecule has 0 spiro atoms. The van der Waals surface area contributed by atoms with Crippen LogP contribution in [0.2, 0.25) is 0 Å². The van der Waals surface area contributed by atoms with Crippen LogP contribution in [-0.2, 0) is 0 Å². The van der Waals surface area contributed by atoms with E-state index in [2.05, 4.69) is 32.9 Å². The van der Waals surface area contributed by atoms with E-state index in [1.165, 1.54) is 5.57 Å². The van der Waals surface area contributed by atoms with Crippen LogP contribution in [0, 0.1) is 5.92 Å². The largest absolute Gasteiger partial charge is 0.0877 e. The topological polar surface area (TPSA) is 0 Å². The Labute approximate surface area is 70.3 Å². The summed E-state index contributed by atoms with van der Waals surface area (Å²) in [4.78, 5) is 0. The molecule has 0 saturated carbocycles. The molecule has 0 rings (SSSR count). The molecule has 0 heteroatoms. The third-order valence-electron chi connectivity index (χ3n) is 1.68. The SMILES string of the molecule is CC=CC=CC=C(C)C(C)C. The molecule has 0 bridgehead atoms. The van der Waals surface area contributed by atoms with Crippen molar-refractivity contribution < 1.29 is 0 Å². The van der Waals surface area contributed by atoms with E-state index in [0.29, 0.717) is 5.92 Å². The van der Waals surface area contributed by atoms with Crippen LogP contribution in [0.25, 0.3) is 0 Å². The summed E-state index contributed by atoms with van der Waals surface area (Å²) < 4.78 is 0. The fourth-order valence-electron chi connectivity index (χ4n) is 0.575. The lowest BCUT2D eigenvalue weighted by molar-refractivity contribution is 0.769. The monoisotopic (exact) mass is 150 g/mol. The van der Waals surface area contributed by atoms with Gasteiger partial charge in [0.05, 0.1) is 0 Å². The maximum atomic E-state index is 2.20. The van der Waals surface area contributed by atoms with Crippen LogP contribution in [0.15, 0.2) is 36.0 Å². The maximum absolute atomic E-state index is 2.20. The molecule has 0 heterocycles. The Morgan fingerprint density at radius 2 is 1.73 bits per heavy atom. The smallest absolute Gasteiger partial charge is 0.0260 e. The van der Waals surface area contributed by atoms with Crippen LogP contribution in [-0.4, -0.2) is 0 Å². The number of hydrogen-bond acceptors (Lipinski definition) is 0. The van der Waals surface area contributed by atoms with E-state index < -0.39 is 0 Å². The molecule has 0 saturated heterocycles. The first-order valence-corrected chi connectivity index (χ1v) is 4.14. The van der Waals surface area contributed by atoms with E-state index >= 15 is 0 Å². The minimum Gasteiger partial charge on any atom is -0.0877 e. The highest BCUT2D eigenvalue weighted by molar-refractivity contribution is 5.15. The van der Waals surface area contributed by atoms with Crippen molar-refractivity contribution in [2.24, 2.45) is 5.92 Å². The average molecular weight is 150 g/mol. The molecule has 0 atom stereocenters. The van der Waals surface area contributed by atoms with E-state index in [1.807, 2.05) is 25.2 Å². The maximum Gasteiger partial charge on any atom is -0.0260 e. The number of hydrogen-bond donors (Lipinski definition) is 0. The van der Waals surface area contributed by atoms with Gasteiger partial charge >= 0.3 is 0 Å². The second-order valence-corrected chi connectivity index (χ2v) is 2.98. The van der Waals surface area contributed by atoms with Crippen LogP contribution < -0.4 is 0 Å². The Hall–Kier alpha value is -0.780. The fraction of sp³-hybridized carbons (Fsp3) is 0.455. The summed E-state index contributed by atoms with van der Waals surface area (Å²) in [6, 6.07) is 0. The predicted molar refractivity (Wildman–Crippen MR) is 52.5 cm³/mol. The van der Waals surface area contributed by atoms with Gasteiger partial charge in [-0.15, -0.1) is 0 Å². The molecule has 0 aliphatic heterocycles. The highest BCUT2D eigenvalue weighted by Gasteiger charge is 1.91. The molecule has 0 fully saturated rings. The van der Waals surface area contributed by atoms with Crippen LogP contribution in [0.1, 0.15) is 27.7 Å². The normalized spacial score (nSPS) is 14.1. The minimum atomic E-state index is 0.658. The first kappa shape index (κ1) is 10.2. The van der Waals surface area contributed by atoms with Gasteiger partial charge in [-0.25, -0.2) is 0 Å². The molecule has 11 heavy (non-hydrogen) atoms. The van der Waals surface area contributed by atoms with Gasteiger partial charge in [0.2, 0.25) is 0 Å². The van der Waals surface area contributed by atoms with Crippen LogP contribution in [0.4, 0.5) is 0 Å². The predicted octanol–water partition coefficient (Wildman–Crippen LogP) is 3.72. The van der Waals surface area contributed by atoms with Crippen molar-refractivity contribution in [1.82, 2.24) is 0 Å². The minimum absolute atomic E-state index is 0.658. The van der Waals surface area contributed by atoms with Crippen molar-refractivity contribution in [3.8, 4) is 0 Å². The Morgan fingerprint density at radius 1 is 1.09 bits per heavy atom. The van der Waals surface area contributed by atoms with Crippen LogP contribution >= 0.6 is 0 Å². The average Bonchev–Trinajstić information content (AvgIpc) is 1.97. The second-order valence-electron chi connectivity index (χ2n) is 2.98. The van der Waals surface area contributed by atoms with Crippen molar-refractivity contribution >= 4 is 0 Å². The Balaban J connectivity index is 3.91. The second kappa shape index (κ2) is 5.96. The molecule has 0 unspecified atom stereocenters. The molecule has 0 aliphatic carbocycles. The van der Waals surface area contributed by atoms with Crippen LogP contribution in [0.5, 0.6) is 0 Å². The Kier molecular flexibility index (Phi) is 5.54. The molecule has 0 aromatic heterocycles. The van der Waals surface area contributed by atoms with Crippen LogP contribution in [0.3, 0.4) is 0 Å². The lowest BCUT2D eigenvalue weighted by Gasteiger charge is -2.01.